The van der Waals surface area contributed by atoms with Gasteiger partial charge in [-0.2, -0.15) is 0 Å². The van der Waals surface area contributed by atoms with Crippen LogP contribution in [-0.4, -0.2) is 35.2 Å². The van der Waals surface area contributed by atoms with Gasteiger partial charge in [0.05, 0.1) is 0 Å². The van der Waals surface area contributed by atoms with Crippen LogP contribution in [0.4, 0.5) is 4.79 Å². The lowest BCUT2D eigenvalue weighted by Gasteiger charge is -2.33. The van der Waals surface area contributed by atoms with E-state index < -0.39 is 5.60 Å². The maximum absolute atomic E-state index is 12.5. The van der Waals surface area contributed by atoms with E-state index in [1.165, 1.54) is 0 Å². The summed E-state index contributed by atoms with van der Waals surface area (Å²) < 4.78 is 5.58. The van der Waals surface area contributed by atoms with Crippen molar-refractivity contribution in [2.75, 3.05) is 13.1 Å². The first-order valence-corrected chi connectivity index (χ1v) is 8.94. The number of carbonyl (C=O) groups excluding carboxylic acids is 1. The van der Waals surface area contributed by atoms with Crippen molar-refractivity contribution in [3.05, 3.63) is 0 Å². The van der Waals surface area contributed by atoms with Gasteiger partial charge in [-0.05, 0) is 77.7 Å². The summed E-state index contributed by atoms with van der Waals surface area (Å²) in [6.45, 7) is 18.3. The van der Waals surface area contributed by atoms with E-state index in [1.807, 2.05) is 25.7 Å². The summed E-state index contributed by atoms with van der Waals surface area (Å²) in [6.07, 6.45) is 3.06. The Kier molecular flexibility index (Phi) is 6.17. The Morgan fingerprint density at radius 2 is 1.83 bits per heavy atom. The summed E-state index contributed by atoms with van der Waals surface area (Å²) in [7, 11) is 0. The molecule has 0 aromatic heterocycles. The summed E-state index contributed by atoms with van der Waals surface area (Å²) in [5, 5.41) is 0. The number of hydrogen-bond donors (Lipinski definition) is 1. The summed E-state index contributed by atoms with van der Waals surface area (Å²) >= 11 is 0. The number of nitrogens with zero attached hydrogens (tertiary/aromatic N) is 1. The SMILES string of the molecule is CC(C)(C)CC(CN)C[C@@H]1CN(C(=O)OC(C)(C)C)C(C)(C)C1. The van der Waals surface area contributed by atoms with Gasteiger partial charge in [0.2, 0.25) is 0 Å². The lowest BCUT2D eigenvalue weighted by Crippen LogP contribution is -2.45. The summed E-state index contributed by atoms with van der Waals surface area (Å²) in [5.74, 6) is 1.03. The van der Waals surface area contributed by atoms with Gasteiger partial charge in [0.1, 0.15) is 5.60 Å². The zero-order valence-corrected chi connectivity index (χ0v) is 16.5. The topological polar surface area (TPSA) is 55.6 Å². The molecule has 1 heterocycles. The average Bonchev–Trinajstić information content (AvgIpc) is 2.59. The molecule has 1 saturated heterocycles. The van der Waals surface area contributed by atoms with E-state index in [0.29, 0.717) is 17.3 Å². The quantitative estimate of drug-likeness (QED) is 0.832. The number of nitrogens with two attached hydrogens (primary N) is 1. The van der Waals surface area contributed by atoms with Gasteiger partial charge in [0, 0.05) is 12.1 Å². The van der Waals surface area contributed by atoms with Crippen molar-refractivity contribution >= 4 is 6.09 Å². The molecule has 136 valence electrons. The van der Waals surface area contributed by atoms with Crippen LogP contribution in [0.15, 0.2) is 0 Å². The first-order valence-electron chi connectivity index (χ1n) is 8.94. The maximum atomic E-state index is 12.5. The van der Waals surface area contributed by atoms with E-state index in [4.69, 9.17) is 10.5 Å². The lowest BCUT2D eigenvalue weighted by molar-refractivity contribution is 0.0130. The van der Waals surface area contributed by atoms with Crippen molar-refractivity contribution < 1.29 is 9.53 Å². The van der Waals surface area contributed by atoms with E-state index in [0.717, 1.165) is 32.4 Å². The lowest BCUT2D eigenvalue weighted by atomic mass is 9.79. The predicted molar refractivity (Wildman–Crippen MR) is 96.4 cm³/mol. The standard InChI is InChI=1S/C19H38N2O2/c1-17(2,3)10-14(12-20)9-15-11-19(7,8)21(13-15)16(22)23-18(4,5)6/h14-15H,9-13,20H2,1-8H3/t14?,15-/m0/s1. The molecule has 4 heteroatoms. The molecule has 4 nitrogen and oxygen atoms in total. The van der Waals surface area contributed by atoms with Gasteiger partial charge in [0.15, 0.2) is 0 Å². The zero-order chi connectivity index (χ0) is 18.1. The van der Waals surface area contributed by atoms with Crippen LogP contribution in [0.5, 0.6) is 0 Å². The molecule has 0 saturated carbocycles. The van der Waals surface area contributed by atoms with Crippen molar-refractivity contribution in [2.45, 2.75) is 85.8 Å². The Morgan fingerprint density at radius 3 is 2.26 bits per heavy atom. The minimum absolute atomic E-state index is 0.145. The number of ether oxygens (including phenoxy) is 1. The Balaban J connectivity index is 2.70. The highest BCUT2D eigenvalue weighted by Gasteiger charge is 2.43. The van der Waals surface area contributed by atoms with Crippen LogP contribution in [0.2, 0.25) is 0 Å². The van der Waals surface area contributed by atoms with Crippen LogP contribution in [0.1, 0.15) is 74.7 Å². The van der Waals surface area contributed by atoms with E-state index in [2.05, 4.69) is 34.6 Å². The summed E-state index contributed by atoms with van der Waals surface area (Å²) in [6, 6.07) is 0. The minimum Gasteiger partial charge on any atom is -0.444 e. The Labute approximate surface area is 143 Å². The molecule has 2 atom stereocenters. The molecule has 1 unspecified atom stereocenters. The Hall–Kier alpha value is -0.770. The first-order chi connectivity index (χ1) is 10.2. The molecule has 1 fully saturated rings. The molecule has 1 aliphatic heterocycles. The molecule has 1 amide bonds. The fraction of sp³-hybridized carbons (Fsp3) is 0.947. The van der Waals surface area contributed by atoms with E-state index in [9.17, 15) is 4.79 Å². The molecule has 2 N–H and O–H groups in total. The second-order valence-corrected chi connectivity index (χ2v) is 10.1. The molecular weight excluding hydrogens is 288 g/mol. The minimum atomic E-state index is -0.447. The summed E-state index contributed by atoms with van der Waals surface area (Å²) in [4.78, 5) is 14.4. The molecule has 23 heavy (non-hydrogen) atoms. The smallest absolute Gasteiger partial charge is 0.410 e. The highest BCUT2D eigenvalue weighted by atomic mass is 16.6. The number of carbonyl (C=O) groups is 1. The third-order valence-corrected chi connectivity index (χ3v) is 4.47. The maximum Gasteiger partial charge on any atom is 0.410 e. The number of likely N-dealkylation sites (tertiary alicyclic amines) is 1. The van der Waals surface area contributed by atoms with Gasteiger partial charge < -0.3 is 15.4 Å². The van der Waals surface area contributed by atoms with Gasteiger partial charge in [-0.15, -0.1) is 0 Å². The normalized spacial score (nSPS) is 23.0. The van der Waals surface area contributed by atoms with Gasteiger partial charge in [-0.1, -0.05) is 20.8 Å². The third-order valence-electron chi connectivity index (χ3n) is 4.47. The molecule has 0 spiro atoms. The molecule has 0 aliphatic carbocycles. The number of hydrogen-bond acceptors (Lipinski definition) is 3. The molecule has 0 aromatic carbocycles. The van der Waals surface area contributed by atoms with Crippen LogP contribution in [0.3, 0.4) is 0 Å². The number of rotatable bonds is 4. The molecule has 1 aliphatic rings. The second-order valence-electron chi connectivity index (χ2n) is 10.1. The molecule has 1 rings (SSSR count). The zero-order valence-electron chi connectivity index (χ0n) is 16.5. The van der Waals surface area contributed by atoms with Crippen LogP contribution < -0.4 is 5.73 Å². The van der Waals surface area contributed by atoms with E-state index in [1.54, 1.807) is 0 Å². The van der Waals surface area contributed by atoms with Crippen molar-refractivity contribution in [2.24, 2.45) is 23.0 Å². The number of amides is 1. The Morgan fingerprint density at radius 1 is 1.26 bits per heavy atom. The van der Waals surface area contributed by atoms with Gasteiger partial charge in [-0.25, -0.2) is 4.79 Å². The second kappa shape index (κ2) is 7.00. The molecule has 0 bridgehead atoms. The monoisotopic (exact) mass is 326 g/mol. The fourth-order valence-electron chi connectivity index (χ4n) is 3.78. The van der Waals surface area contributed by atoms with Crippen molar-refractivity contribution in [3.8, 4) is 0 Å². The first kappa shape index (κ1) is 20.3. The highest BCUT2D eigenvalue weighted by molar-refractivity contribution is 5.69. The van der Waals surface area contributed by atoms with Crippen LogP contribution in [0.25, 0.3) is 0 Å². The van der Waals surface area contributed by atoms with E-state index in [-0.39, 0.29) is 11.6 Å². The predicted octanol–water partition coefficient (Wildman–Crippen LogP) is 4.42. The third kappa shape index (κ3) is 6.70. The Bertz CT molecular complexity index is 405. The van der Waals surface area contributed by atoms with Crippen LogP contribution >= 0.6 is 0 Å². The molecular formula is C19H38N2O2. The summed E-state index contributed by atoms with van der Waals surface area (Å²) in [5.41, 5.74) is 5.70. The van der Waals surface area contributed by atoms with E-state index >= 15 is 0 Å². The van der Waals surface area contributed by atoms with Gasteiger partial charge in [-0.3, -0.25) is 0 Å². The van der Waals surface area contributed by atoms with Crippen molar-refractivity contribution in [1.82, 2.24) is 4.90 Å². The van der Waals surface area contributed by atoms with Crippen LogP contribution in [0, 0.1) is 17.3 Å². The van der Waals surface area contributed by atoms with Crippen molar-refractivity contribution in [3.63, 3.8) is 0 Å². The fourth-order valence-corrected chi connectivity index (χ4v) is 3.78. The molecule has 0 aromatic rings. The van der Waals surface area contributed by atoms with Crippen molar-refractivity contribution in [1.29, 1.82) is 0 Å². The van der Waals surface area contributed by atoms with Gasteiger partial charge >= 0.3 is 6.09 Å². The largest absolute Gasteiger partial charge is 0.444 e. The average molecular weight is 327 g/mol. The highest BCUT2D eigenvalue weighted by Crippen LogP contribution is 2.38. The van der Waals surface area contributed by atoms with Gasteiger partial charge in [0.25, 0.3) is 0 Å². The molecule has 0 radical (unpaired) electrons. The van der Waals surface area contributed by atoms with Crippen LogP contribution in [-0.2, 0) is 4.74 Å².